The summed E-state index contributed by atoms with van der Waals surface area (Å²) in [4.78, 5) is 42.2. The number of amides is 2. The van der Waals surface area contributed by atoms with Gasteiger partial charge >= 0.3 is 5.97 Å². The Labute approximate surface area is 238 Å². The molecule has 0 fully saturated rings. The van der Waals surface area contributed by atoms with Crippen LogP contribution in [0.2, 0.25) is 0 Å². The van der Waals surface area contributed by atoms with E-state index in [2.05, 4.69) is 22.5 Å². The van der Waals surface area contributed by atoms with Crippen molar-refractivity contribution in [3.63, 3.8) is 0 Å². The quantitative estimate of drug-likeness (QED) is 0.176. The molecule has 0 aliphatic rings. The van der Waals surface area contributed by atoms with Crippen LogP contribution in [0.1, 0.15) is 59.5 Å². The molecule has 4 aromatic rings. The monoisotopic (exact) mass is 555 g/mol. The Bertz CT molecular complexity index is 1470. The second-order valence-electron chi connectivity index (χ2n) is 9.63. The number of aromatic nitrogens is 1. The molecule has 1 heterocycles. The van der Waals surface area contributed by atoms with E-state index < -0.39 is 5.97 Å². The number of nitrogens with zero attached hydrogens (tertiary/aromatic N) is 1. The number of anilines is 1. The first-order valence-corrected chi connectivity index (χ1v) is 14.2. The smallest absolute Gasteiger partial charge is 0.305 e. The molecule has 7 nitrogen and oxygen atoms in total. The molecule has 8 heteroatoms. The molecule has 0 bridgehead atoms. The predicted molar refractivity (Wildman–Crippen MR) is 160 cm³/mol. The molecular formula is C32H33N3O4S. The minimum atomic E-state index is -0.966. The first-order valence-electron chi connectivity index (χ1n) is 13.4. The fourth-order valence-corrected chi connectivity index (χ4v) is 5.45. The Morgan fingerprint density at radius 2 is 1.73 bits per heavy atom. The van der Waals surface area contributed by atoms with Crippen molar-refractivity contribution in [1.29, 1.82) is 0 Å². The topological polar surface area (TPSA) is 108 Å². The van der Waals surface area contributed by atoms with Crippen molar-refractivity contribution < 1.29 is 19.5 Å². The number of carboxylic acids is 1. The predicted octanol–water partition coefficient (Wildman–Crippen LogP) is 6.90. The van der Waals surface area contributed by atoms with Gasteiger partial charge in [-0.25, -0.2) is 4.98 Å². The first-order chi connectivity index (χ1) is 19.3. The van der Waals surface area contributed by atoms with Gasteiger partial charge < -0.3 is 15.7 Å². The molecular weight excluding hydrogens is 522 g/mol. The number of nitrogens with one attached hydrogen (secondary N) is 2. The molecule has 4 rings (SSSR count). The number of thiazole rings is 1. The van der Waals surface area contributed by atoms with Crippen LogP contribution in [0.15, 0.2) is 79.0 Å². The summed E-state index contributed by atoms with van der Waals surface area (Å²) in [5, 5.41) is 15.6. The zero-order valence-electron chi connectivity index (χ0n) is 22.6. The summed E-state index contributed by atoms with van der Waals surface area (Å²) < 4.78 is 0. The van der Waals surface area contributed by atoms with Crippen LogP contribution in [0, 0.1) is 6.92 Å². The Hall–Kier alpha value is -4.30. The molecule has 0 saturated heterocycles. The van der Waals surface area contributed by atoms with Crippen molar-refractivity contribution in [1.82, 2.24) is 10.3 Å². The fraction of sp³-hybridized carbons (Fsp3) is 0.250. The molecule has 0 unspecified atom stereocenters. The molecule has 0 radical (unpaired) electrons. The summed E-state index contributed by atoms with van der Waals surface area (Å²) in [6.07, 6.45) is 3.72. The van der Waals surface area contributed by atoms with E-state index in [4.69, 9.17) is 5.11 Å². The summed E-state index contributed by atoms with van der Waals surface area (Å²) in [5.74, 6) is -1.42. The third kappa shape index (κ3) is 7.64. The Kier molecular flexibility index (Phi) is 9.81. The van der Waals surface area contributed by atoms with Gasteiger partial charge in [-0.05, 0) is 65.8 Å². The van der Waals surface area contributed by atoms with Crippen molar-refractivity contribution in [2.24, 2.45) is 0 Å². The van der Waals surface area contributed by atoms with Crippen LogP contribution in [0.4, 0.5) is 5.69 Å². The van der Waals surface area contributed by atoms with Crippen LogP contribution in [-0.2, 0) is 9.59 Å². The van der Waals surface area contributed by atoms with E-state index >= 15 is 0 Å². The number of aliphatic carboxylic acids is 1. The summed E-state index contributed by atoms with van der Waals surface area (Å²) in [5.41, 5.74) is 5.09. The molecule has 3 N–H and O–H groups in total. The number of aryl methyl sites for hydroxylation is 1. The second-order valence-corrected chi connectivity index (χ2v) is 10.9. The van der Waals surface area contributed by atoms with Crippen LogP contribution in [0.3, 0.4) is 0 Å². The lowest BCUT2D eigenvalue weighted by molar-refractivity contribution is -0.136. The molecule has 0 aliphatic carbocycles. The molecule has 0 spiro atoms. The van der Waals surface area contributed by atoms with Gasteiger partial charge in [0.15, 0.2) is 0 Å². The minimum absolute atomic E-state index is 0.0521. The van der Waals surface area contributed by atoms with E-state index in [9.17, 15) is 14.4 Å². The van der Waals surface area contributed by atoms with Crippen LogP contribution < -0.4 is 10.6 Å². The molecule has 40 heavy (non-hydrogen) atoms. The van der Waals surface area contributed by atoms with E-state index in [1.165, 1.54) is 0 Å². The maximum atomic E-state index is 13.2. The number of carbonyl (C=O) groups excluding carboxylic acids is 2. The molecule has 1 atom stereocenters. The second kappa shape index (κ2) is 13.7. The highest BCUT2D eigenvalue weighted by atomic mass is 32.1. The lowest BCUT2D eigenvalue weighted by Gasteiger charge is -2.21. The summed E-state index contributed by atoms with van der Waals surface area (Å²) in [6.45, 7) is 4.13. The van der Waals surface area contributed by atoms with Crippen LogP contribution in [-0.4, -0.2) is 34.4 Å². The van der Waals surface area contributed by atoms with Crippen molar-refractivity contribution in [3.8, 4) is 21.6 Å². The summed E-state index contributed by atoms with van der Waals surface area (Å²) >= 11 is 1.63. The number of hydrogen-bond acceptors (Lipinski definition) is 5. The maximum absolute atomic E-state index is 13.2. The third-order valence-corrected chi connectivity index (χ3v) is 7.57. The van der Waals surface area contributed by atoms with Gasteiger partial charge in [0.25, 0.3) is 5.91 Å². The highest BCUT2D eigenvalue weighted by molar-refractivity contribution is 7.15. The van der Waals surface area contributed by atoms with Gasteiger partial charge in [-0.1, -0.05) is 61.9 Å². The van der Waals surface area contributed by atoms with Crippen molar-refractivity contribution in [2.75, 3.05) is 11.9 Å². The third-order valence-electron chi connectivity index (χ3n) is 6.61. The van der Waals surface area contributed by atoms with Gasteiger partial charge in [0.1, 0.15) is 0 Å². The molecule has 2 amide bonds. The molecule has 206 valence electrons. The highest BCUT2D eigenvalue weighted by Crippen LogP contribution is 2.35. The SMILES string of the molecule is CCC[C@H](CC(=O)Nc1ccc(-c2cnc(C)s2)cc1)c1ccc(C(=O)NCCC(=O)O)cc1-c1ccccc1. The van der Waals surface area contributed by atoms with Crippen LogP contribution in [0.25, 0.3) is 21.6 Å². The van der Waals surface area contributed by atoms with Gasteiger partial charge in [-0.3, -0.25) is 14.4 Å². The average Bonchev–Trinajstić information content (AvgIpc) is 3.39. The van der Waals surface area contributed by atoms with Gasteiger partial charge in [0.05, 0.1) is 16.3 Å². The van der Waals surface area contributed by atoms with Gasteiger partial charge in [0.2, 0.25) is 5.91 Å². The summed E-state index contributed by atoms with van der Waals surface area (Å²) in [6, 6.07) is 23.1. The lowest BCUT2D eigenvalue weighted by atomic mass is 9.84. The van der Waals surface area contributed by atoms with E-state index in [1.807, 2.05) is 79.9 Å². The van der Waals surface area contributed by atoms with Crippen molar-refractivity contribution in [3.05, 3.63) is 95.1 Å². The Morgan fingerprint density at radius 3 is 2.38 bits per heavy atom. The standard InChI is InChI=1S/C32H33N3O4S/c1-3-7-24(19-30(36)35-26-13-10-23(11-14-26)29-20-34-21(2)40-29)27-15-12-25(32(39)33-17-16-31(37)38)18-28(27)22-8-5-4-6-9-22/h4-6,8-15,18,20,24H,3,7,16-17,19H2,1-2H3,(H,33,39)(H,35,36)(H,37,38)/t24-/m1/s1. The zero-order chi connectivity index (χ0) is 28.5. The number of rotatable bonds is 12. The number of benzene rings is 3. The number of carboxylic acid groups (broad SMARTS) is 1. The van der Waals surface area contributed by atoms with E-state index in [-0.39, 0.29) is 30.7 Å². The largest absolute Gasteiger partial charge is 0.481 e. The van der Waals surface area contributed by atoms with E-state index in [1.54, 1.807) is 17.4 Å². The van der Waals surface area contributed by atoms with E-state index in [0.29, 0.717) is 12.0 Å². The summed E-state index contributed by atoms with van der Waals surface area (Å²) in [7, 11) is 0. The van der Waals surface area contributed by atoms with Gasteiger partial charge in [0, 0.05) is 30.4 Å². The minimum Gasteiger partial charge on any atom is -0.481 e. The molecule has 1 aromatic heterocycles. The number of carbonyl (C=O) groups is 3. The maximum Gasteiger partial charge on any atom is 0.305 e. The highest BCUT2D eigenvalue weighted by Gasteiger charge is 2.21. The van der Waals surface area contributed by atoms with Crippen molar-refractivity contribution >= 4 is 34.8 Å². The molecule has 0 saturated carbocycles. The van der Waals surface area contributed by atoms with Crippen LogP contribution in [0.5, 0.6) is 0 Å². The normalized spacial score (nSPS) is 11.6. The Balaban J connectivity index is 1.54. The molecule has 0 aliphatic heterocycles. The fourth-order valence-electron chi connectivity index (χ4n) is 4.67. The van der Waals surface area contributed by atoms with E-state index in [0.717, 1.165) is 50.7 Å². The lowest BCUT2D eigenvalue weighted by Crippen LogP contribution is -2.26. The Morgan fingerprint density at radius 1 is 0.975 bits per heavy atom. The van der Waals surface area contributed by atoms with Gasteiger partial charge in [-0.15, -0.1) is 11.3 Å². The zero-order valence-corrected chi connectivity index (χ0v) is 23.5. The average molecular weight is 556 g/mol. The van der Waals surface area contributed by atoms with Crippen LogP contribution >= 0.6 is 11.3 Å². The van der Waals surface area contributed by atoms with Crippen molar-refractivity contribution in [2.45, 2.75) is 45.4 Å². The number of hydrogen-bond donors (Lipinski definition) is 3. The first kappa shape index (κ1) is 28.7. The molecule has 3 aromatic carbocycles. The van der Waals surface area contributed by atoms with Gasteiger partial charge in [-0.2, -0.15) is 0 Å².